The summed E-state index contributed by atoms with van der Waals surface area (Å²) in [7, 11) is 0. The van der Waals surface area contributed by atoms with Gasteiger partial charge in [0.2, 0.25) is 0 Å². The van der Waals surface area contributed by atoms with Crippen LogP contribution in [0.3, 0.4) is 0 Å². The first-order chi connectivity index (χ1) is 4.75. The molecule has 0 saturated carbocycles. The summed E-state index contributed by atoms with van der Waals surface area (Å²) in [6.07, 6.45) is 2.02. The summed E-state index contributed by atoms with van der Waals surface area (Å²) in [6.45, 7) is 1.90. The molecule has 10 heavy (non-hydrogen) atoms. The molecule has 0 aliphatic rings. The topological polar surface area (TPSA) is 39.2 Å². The highest BCUT2D eigenvalue weighted by Gasteiger charge is 2.10. The average Bonchev–Trinajstić information content (AvgIpc) is 2.34. The number of halogens is 1. The highest BCUT2D eigenvalue weighted by Crippen LogP contribution is 2.17. The van der Waals surface area contributed by atoms with Gasteiger partial charge in [0.25, 0.3) is 6.01 Å². The van der Waals surface area contributed by atoms with Crippen LogP contribution in [0, 0.1) is 6.01 Å². The van der Waals surface area contributed by atoms with Gasteiger partial charge < -0.3 is 10.2 Å². The molecule has 0 fully saturated rings. The molecule has 1 heterocycles. The maximum absolute atomic E-state index is 12.5. The molecule has 0 radical (unpaired) electrons. The highest BCUT2D eigenvalue weighted by molar-refractivity contribution is 5.12. The third-order valence-electron chi connectivity index (χ3n) is 1.49. The summed E-state index contributed by atoms with van der Waals surface area (Å²) in [6, 6.07) is 0.761. The second kappa shape index (κ2) is 2.84. The van der Waals surface area contributed by atoms with Crippen molar-refractivity contribution >= 4 is 0 Å². The Hall–Kier alpha value is -0.830. The normalized spacial score (nSPS) is 13.5. The molecule has 0 bridgehead atoms. The molecule has 1 atom stereocenters. The number of hydrogen-bond acceptors (Lipinski definition) is 2. The summed E-state index contributed by atoms with van der Waals surface area (Å²) in [5.74, 6) is 0. The lowest BCUT2D eigenvalue weighted by Gasteiger charge is -2.03. The molecule has 2 N–H and O–H groups in total. The van der Waals surface area contributed by atoms with Crippen molar-refractivity contribution < 1.29 is 8.81 Å². The van der Waals surface area contributed by atoms with E-state index in [1.165, 1.54) is 6.26 Å². The van der Waals surface area contributed by atoms with Crippen LogP contribution >= 0.6 is 0 Å². The molecule has 0 unspecified atom stereocenters. The van der Waals surface area contributed by atoms with Crippen LogP contribution in [0.15, 0.2) is 16.7 Å². The van der Waals surface area contributed by atoms with Gasteiger partial charge in [-0.1, -0.05) is 6.92 Å². The number of rotatable bonds is 2. The lowest BCUT2D eigenvalue weighted by atomic mass is 10.1. The quantitative estimate of drug-likeness (QED) is 0.685. The Bertz CT molecular complexity index is 209. The Kier molecular flexibility index (Phi) is 2.06. The fourth-order valence-electron chi connectivity index (χ4n) is 0.790. The molecule has 1 aromatic rings. The largest absolute Gasteiger partial charge is 0.439 e. The van der Waals surface area contributed by atoms with E-state index in [1.54, 1.807) is 6.07 Å². The second-order valence-electron chi connectivity index (χ2n) is 2.16. The van der Waals surface area contributed by atoms with Crippen molar-refractivity contribution in [1.29, 1.82) is 0 Å². The molecule has 1 aromatic heterocycles. The Labute approximate surface area is 58.8 Å². The van der Waals surface area contributed by atoms with E-state index in [9.17, 15) is 4.39 Å². The monoisotopic (exact) mass is 143 g/mol. The molecule has 56 valence electrons. The third kappa shape index (κ3) is 1.19. The van der Waals surface area contributed by atoms with Crippen molar-refractivity contribution in [1.82, 2.24) is 0 Å². The van der Waals surface area contributed by atoms with Gasteiger partial charge >= 0.3 is 0 Å². The Balaban J connectivity index is 2.82. The average molecular weight is 143 g/mol. The molecule has 3 heteroatoms. The van der Waals surface area contributed by atoms with Gasteiger partial charge in [-0.15, -0.1) is 0 Å². The van der Waals surface area contributed by atoms with Crippen molar-refractivity contribution in [3.8, 4) is 0 Å². The van der Waals surface area contributed by atoms with Crippen LogP contribution in [0.4, 0.5) is 4.39 Å². The van der Waals surface area contributed by atoms with Crippen molar-refractivity contribution in [2.24, 2.45) is 5.73 Å². The summed E-state index contributed by atoms with van der Waals surface area (Å²) < 4.78 is 17.0. The van der Waals surface area contributed by atoms with Gasteiger partial charge in [0.1, 0.15) is 0 Å². The lowest BCUT2D eigenvalue weighted by Crippen LogP contribution is -2.08. The van der Waals surface area contributed by atoms with E-state index < -0.39 is 6.01 Å². The number of nitrogens with two attached hydrogens (primary N) is 1. The van der Waals surface area contributed by atoms with Crippen LogP contribution in [0.1, 0.15) is 24.9 Å². The smallest absolute Gasteiger partial charge is 0.282 e. The Morgan fingerprint density at radius 3 is 2.90 bits per heavy atom. The maximum atomic E-state index is 12.5. The third-order valence-corrected chi connectivity index (χ3v) is 1.49. The zero-order chi connectivity index (χ0) is 7.56. The van der Waals surface area contributed by atoms with E-state index >= 15 is 0 Å². The Morgan fingerprint density at radius 2 is 2.50 bits per heavy atom. The molecule has 2 nitrogen and oxygen atoms in total. The summed E-state index contributed by atoms with van der Waals surface area (Å²) in [4.78, 5) is 0. The van der Waals surface area contributed by atoms with E-state index in [-0.39, 0.29) is 6.04 Å². The molecule has 0 aromatic carbocycles. The summed E-state index contributed by atoms with van der Waals surface area (Å²) >= 11 is 0. The molecule has 0 aliphatic heterocycles. The summed E-state index contributed by atoms with van der Waals surface area (Å²) in [5, 5.41) is 0. The minimum atomic E-state index is -0.561. The molecule has 0 saturated heterocycles. The minimum Gasteiger partial charge on any atom is -0.439 e. The Morgan fingerprint density at radius 1 is 1.80 bits per heavy atom. The zero-order valence-corrected chi connectivity index (χ0v) is 5.80. The standard InChI is InChI=1S/C7H10FNO/c1-2-6(9)5-3-4-10-7(5)8/h3-4,6H,2,9H2,1H3/t6-/m0/s1. The van der Waals surface area contributed by atoms with Crippen LogP contribution in [0.5, 0.6) is 0 Å². The van der Waals surface area contributed by atoms with Gasteiger partial charge in [-0.3, -0.25) is 0 Å². The van der Waals surface area contributed by atoms with Gasteiger partial charge in [0.15, 0.2) is 0 Å². The highest BCUT2D eigenvalue weighted by atomic mass is 19.1. The first kappa shape index (κ1) is 7.28. The van der Waals surface area contributed by atoms with Crippen LogP contribution in [0.2, 0.25) is 0 Å². The van der Waals surface area contributed by atoms with Crippen molar-refractivity contribution in [2.45, 2.75) is 19.4 Å². The van der Waals surface area contributed by atoms with Gasteiger partial charge in [0, 0.05) is 11.6 Å². The lowest BCUT2D eigenvalue weighted by molar-refractivity contribution is 0.347. The van der Waals surface area contributed by atoms with E-state index in [4.69, 9.17) is 5.73 Å². The zero-order valence-electron chi connectivity index (χ0n) is 5.80. The molecule has 0 spiro atoms. The maximum Gasteiger partial charge on any atom is 0.282 e. The van der Waals surface area contributed by atoms with E-state index in [0.29, 0.717) is 5.56 Å². The first-order valence-corrected chi connectivity index (χ1v) is 3.24. The fourth-order valence-corrected chi connectivity index (χ4v) is 0.790. The van der Waals surface area contributed by atoms with Crippen LogP contribution in [0.25, 0.3) is 0 Å². The van der Waals surface area contributed by atoms with E-state index in [2.05, 4.69) is 4.42 Å². The first-order valence-electron chi connectivity index (χ1n) is 3.24. The second-order valence-corrected chi connectivity index (χ2v) is 2.16. The number of hydrogen-bond donors (Lipinski definition) is 1. The van der Waals surface area contributed by atoms with Gasteiger partial charge in [0.05, 0.1) is 6.26 Å². The molecular weight excluding hydrogens is 133 g/mol. The van der Waals surface area contributed by atoms with Crippen LogP contribution in [-0.2, 0) is 0 Å². The van der Waals surface area contributed by atoms with Crippen molar-refractivity contribution in [3.63, 3.8) is 0 Å². The van der Waals surface area contributed by atoms with E-state index in [0.717, 1.165) is 6.42 Å². The number of furan rings is 1. The minimum absolute atomic E-state index is 0.237. The van der Waals surface area contributed by atoms with Crippen molar-refractivity contribution in [2.75, 3.05) is 0 Å². The van der Waals surface area contributed by atoms with Crippen LogP contribution in [-0.4, -0.2) is 0 Å². The molecule has 0 aliphatic carbocycles. The van der Waals surface area contributed by atoms with Crippen LogP contribution < -0.4 is 5.73 Å². The van der Waals surface area contributed by atoms with Gasteiger partial charge in [-0.25, -0.2) is 0 Å². The molecule has 1 rings (SSSR count). The van der Waals surface area contributed by atoms with Crippen molar-refractivity contribution in [3.05, 3.63) is 23.9 Å². The molecular formula is C7H10FNO. The predicted molar refractivity (Wildman–Crippen MR) is 35.9 cm³/mol. The van der Waals surface area contributed by atoms with E-state index in [1.807, 2.05) is 6.92 Å². The SMILES string of the molecule is CC[C@H](N)c1ccoc1F. The summed E-state index contributed by atoms with van der Waals surface area (Å²) in [5.41, 5.74) is 6.00. The molecule has 0 amide bonds. The van der Waals surface area contributed by atoms with Gasteiger partial charge in [-0.05, 0) is 12.5 Å². The van der Waals surface area contributed by atoms with Gasteiger partial charge in [-0.2, -0.15) is 4.39 Å². The fraction of sp³-hybridized carbons (Fsp3) is 0.429. The predicted octanol–water partition coefficient (Wildman–Crippen LogP) is 1.83.